The molecule has 7 heteroatoms. The Labute approximate surface area is 163 Å². The smallest absolute Gasteiger partial charge is 0.271 e. The van der Waals surface area contributed by atoms with E-state index in [1.54, 1.807) is 4.90 Å². The van der Waals surface area contributed by atoms with Gasteiger partial charge in [0.1, 0.15) is 5.69 Å². The van der Waals surface area contributed by atoms with Gasteiger partial charge in [-0.25, -0.2) is 0 Å². The lowest BCUT2D eigenvalue weighted by molar-refractivity contribution is -0.122. The first kappa shape index (κ1) is 17.5. The van der Waals surface area contributed by atoms with Crippen LogP contribution in [-0.4, -0.2) is 23.3 Å². The van der Waals surface area contributed by atoms with Gasteiger partial charge in [0, 0.05) is 29.0 Å². The van der Waals surface area contributed by atoms with E-state index in [0.29, 0.717) is 4.47 Å². The Hall–Kier alpha value is -2.93. The molecule has 0 unspecified atom stereocenters. The number of hydrogen-bond acceptors (Lipinski definition) is 3. The number of hydrogen-bond donors (Lipinski definition) is 2. The molecule has 1 atom stereocenters. The lowest BCUT2D eigenvalue weighted by Gasteiger charge is -2.19. The molecule has 4 rings (SSSR count). The first-order valence-corrected chi connectivity index (χ1v) is 9.29. The number of H-pyrrole nitrogens is 1. The molecule has 2 aromatic carbocycles. The van der Waals surface area contributed by atoms with Gasteiger partial charge in [-0.05, 0) is 33.4 Å². The highest BCUT2D eigenvalue weighted by atomic mass is 79.9. The zero-order valence-corrected chi connectivity index (χ0v) is 15.8. The molecular formula is C20H16BrN3O3. The first-order valence-electron chi connectivity index (χ1n) is 8.50. The number of nitrogens with zero attached hydrogens (tertiary/aromatic N) is 1. The number of pyridine rings is 1. The molecule has 1 aliphatic rings. The van der Waals surface area contributed by atoms with Gasteiger partial charge in [0.2, 0.25) is 11.8 Å². The highest BCUT2D eigenvalue weighted by Gasteiger charge is 2.36. The first-order chi connectivity index (χ1) is 13.0. The Balaban J connectivity index is 1.58. The van der Waals surface area contributed by atoms with Gasteiger partial charge in [0.25, 0.3) is 5.56 Å². The van der Waals surface area contributed by atoms with E-state index in [1.807, 2.05) is 42.5 Å². The number of carbonyl (C=O) groups is 2. The van der Waals surface area contributed by atoms with Gasteiger partial charge in [-0.3, -0.25) is 14.4 Å². The maximum Gasteiger partial charge on any atom is 0.271 e. The lowest BCUT2D eigenvalue weighted by atomic mass is 10.1. The quantitative estimate of drug-likeness (QED) is 0.675. The second kappa shape index (κ2) is 7.00. The van der Waals surface area contributed by atoms with Crippen molar-refractivity contribution in [2.45, 2.75) is 6.42 Å². The van der Waals surface area contributed by atoms with Crippen molar-refractivity contribution >= 4 is 49.9 Å². The standard InChI is InChI=1S/C20H16BrN3O3/c21-14-9-16(20(27)22-10-14)23-19(26)13-8-18(25)24(11-13)17-7-3-5-12-4-1-2-6-15(12)17/h1-7,9-10,13H,8,11H2,(H,22,27)(H,23,26)/t13-/m1/s1. The molecule has 6 nitrogen and oxygen atoms in total. The number of halogens is 1. The average molecular weight is 426 g/mol. The van der Waals surface area contributed by atoms with Gasteiger partial charge in [0.05, 0.1) is 11.6 Å². The molecule has 0 spiro atoms. The zero-order valence-electron chi connectivity index (χ0n) is 14.2. The van der Waals surface area contributed by atoms with Crippen molar-refractivity contribution in [3.05, 3.63) is 69.6 Å². The van der Waals surface area contributed by atoms with Crippen molar-refractivity contribution in [2.24, 2.45) is 5.92 Å². The molecule has 0 radical (unpaired) electrons. The van der Waals surface area contributed by atoms with E-state index in [2.05, 4.69) is 26.2 Å². The van der Waals surface area contributed by atoms with E-state index in [4.69, 9.17) is 0 Å². The summed E-state index contributed by atoms with van der Waals surface area (Å²) in [5.74, 6) is -0.959. The molecule has 2 N–H and O–H groups in total. The summed E-state index contributed by atoms with van der Waals surface area (Å²) in [4.78, 5) is 41.2. The summed E-state index contributed by atoms with van der Waals surface area (Å²) in [5, 5.41) is 4.64. The predicted octanol–water partition coefficient (Wildman–Crippen LogP) is 3.28. The van der Waals surface area contributed by atoms with Crippen LogP contribution in [0.5, 0.6) is 0 Å². The number of benzene rings is 2. The fraction of sp³-hybridized carbons (Fsp3) is 0.150. The number of anilines is 2. The second-order valence-corrected chi connectivity index (χ2v) is 7.37. The van der Waals surface area contributed by atoms with Crippen LogP contribution >= 0.6 is 15.9 Å². The highest BCUT2D eigenvalue weighted by molar-refractivity contribution is 9.10. The fourth-order valence-electron chi connectivity index (χ4n) is 3.34. The highest BCUT2D eigenvalue weighted by Crippen LogP contribution is 2.32. The fourth-order valence-corrected chi connectivity index (χ4v) is 3.69. The summed E-state index contributed by atoms with van der Waals surface area (Å²) in [6, 6.07) is 15.1. The minimum Gasteiger partial charge on any atom is -0.326 e. The van der Waals surface area contributed by atoms with Crippen LogP contribution in [0.2, 0.25) is 0 Å². The Morgan fingerprint density at radius 2 is 1.93 bits per heavy atom. The van der Waals surface area contributed by atoms with Gasteiger partial charge < -0.3 is 15.2 Å². The molecular weight excluding hydrogens is 410 g/mol. The largest absolute Gasteiger partial charge is 0.326 e. The van der Waals surface area contributed by atoms with Crippen LogP contribution in [0.1, 0.15) is 6.42 Å². The lowest BCUT2D eigenvalue weighted by Crippen LogP contribution is -2.29. The van der Waals surface area contributed by atoms with Crippen LogP contribution < -0.4 is 15.8 Å². The number of rotatable bonds is 3. The Bertz CT molecular complexity index is 1100. The van der Waals surface area contributed by atoms with E-state index in [0.717, 1.165) is 16.5 Å². The van der Waals surface area contributed by atoms with E-state index >= 15 is 0 Å². The van der Waals surface area contributed by atoms with E-state index in [-0.39, 0.29) is 36.0 Å². The average Bonchev–Trinajstić information content (AvgIpc) is 3.06. The number of aromatic amines is 1. The minimum atomic E-state index is -0.519. The van der Waals surface area contributed by atoms with Gasteiger partial charge in [-0.1, -0.05) is 36.4 Å². The molecule has 1 saturated heterocycles. The second-order valence-electron chi connectivity index (χ2n) is 6.45. The van der Waals surface area contributed by atoms with Crippen molar-refractivity contribution in [1.29, 1.82) is 0 Å². The van der Waals surface area contributed by atoms with Crippen LogP contribution in [0.15, 0.2) is 64.0 Å². The summed E-state index contributed by atoms with van der Waals surface area (Å²) >= 11 is 3.26. The number of nitrogens with one attached hydrogen (secondary N) is 2. The monoisotopic (exact) mass is 425 g/mol. The molecule has 3 aromatic rings. The van der Waals surface area contributed by atoms with E-state index in [9.17, 15) is 14.4 Å². The molecule has 1 aromatic heterocycles. The zero-order chi connectivity index (χ0) is 19.0. The normalized spacial score (nSPS) is 16.7. The van der Waals surface area contributed by atoms with E-state index in [1.165, 1.54) is 12.3 Å². The summed E-state index contributed by atoms with van der Waals surface area (Å²) in [5.41, 5.74) is 0.570. The molecule has 1 aliphatic heterocycles. The topological polar surface area (TPSA) is 82.3 Å². The summed E-state index contributed by atoms with van der Waals surface area (Å²) in [6.45, 7) is 0.282. The third-order valence-electron chi connectivity index (χ3n) is 4.68. The SMILES string of the molecule is O=C(Nc1cc(Br)c[nH]c1=O)[C@@H]1CC(=O)N(c2cccc3ccccc23)C1. The van der Waals surface area contributed by atoms with Crippen LogP contribution in [0.4, 0.5) is 11.4 Å². The van der Waals surface area contributed by atoms with Crippen LogP contribution in [0, 0.1) is 5.92 Å². The van der Waals surface area contributed by atoms with E-state index < -0.39 is 5.92 Å². The number of amides is 2. The molecule has 1 fully saturated rings. The Morgan fingerprint density at radius 1 is 1.15 bits per heavy atom. The van der Waals surface area contributed by atoms with Gasteiger partial charge in [0.15, 0.2) is 0 Å². The third kappa shape index (κ3) is 3.38. The van der Waals surface area contributed by atoms with Crippen molar-refractivity contribution in [2.75, 3.05) is 16.8 Å². The molecule has 2 amide bonds. The van der Waals surface area contributed by atoms with Gasteiger partial charge >= 0.3 is 0 Å². The predicted molar refractivity (Wildman–Crippen MR) is 108 cm³/mol. The van der Waals surface area contributed by atoms with Crippen molar-refractivity contribution in [3.8, 4) is 0 Å². The Kier molecular flexibility index (Phi) is 4.53. The van der Waals surface area contributed by atoms with Gasteiger partial charge in [-0.15, -0.1) is 0 Å². The maximum absolute atomic E-state index is 12.6. The molecule has 136 valence electrons. The van der Waals surface area contributed by atoms with Crippen LogP contribution in [0.25, 0.3) is 10.8 Å². The van der Waals surface area contributed by atoms with Crippen molar-refractivity contribution in [3.63, 3.8) is 0 Å². The molecule has 2 heterocycles. The molecule has 0 saturated carbocycles. The van der Waals surface area contributed by atoms with Crippen LogP contribution in [0.3, 0.4) is 0 Å². The molecule has 0 bridgehead atoms. The number of carbonyl (C=O) groups excluding carboxylic acids is 2. The summed E-state index contributed by atoms with van der Waals surface area (Å²) < 4.78 is 0.650. The van der Waals surface area contributed by atoms with Gasteiger partial charge in [-0.2, -0.15) is 0 Å². The number of fused-ring (bicyclic) bond motifs is 1. The summed E-state index contributed by atoms with van der Waals surface area (Å²) in [6.07, 6.45) is 1.61. The van der Waals surface area contributed by atoms with Crippen molar-refractivity contribution < 1.29 is 9.59 Å². The summed E-state index contributed by atoms with van der Waals surface area (Å²) in [7, 11) is 0. The number of aromatic nitrogens is 1. The molecule has 27 heavy (non-hydrogen) atoms. The Morgan fingerprint density at radius 3 is 2.78 bits per heavy atom. The maximum atomic E-state index is 12.6. The third-order valence-corrected chi connectivity index (χ3v) is 5.14. The molecule has 0 aliphatic carbocycles. The van der Waals surface area contributed by atoms with Crippen molar-refractivity contribution in [1.82, 2.24) is 4.98 Å². The van der Waals surface area contributed by atoms with Crippen LogP contribution in [-0.2, 0) is 9.59 Å². The minimum absolute atomic E-state index is 0.102.